The predicted molar refractivity (Wildman–Crippen MR) is 46.8 cm³/mol. The molecular formula is Cl8PtRu. The monoisotopic (exact) mass is 577 g/mol. The molecule has 0 fully saturated rings. The molecule has 0 aromatic carbocycles. The van der Waals surface area contributed by atoms with Crippen molar-refractivity contribution in [1.82, 2.24) is 0 Å². The molecule has 0 aliphatic carbocycles. The Hall–Kier alpha value is 3.63. The van der Waals surface area contributed by atoms with Crippen molar-refractivity contribution in [2.75, 3.05) is 0 Å². The summed E-state index contributed by atoms with van der Waals surface area (Å²) >= 11 is -3.06. The second-order valence-electron chi connectivity index (χ2n) is 0.574. The molecule has 10 heavy (non-hydrogen) atoms. The standard InChI is InChI=1S/8ClH.Pt.Ru/h8*1H;;/q;;;;;;;;2*+4/p-8. The van der Waals surface area contributed by atoms with Gasteiger partial charge in [0.15, 0.2) is 0 Å². The summed E-state index contributed by atoms with van der Waals surface area (Å²) in [6, 6.07) is 0. The maximum atomic E-state index is 5.01. The molecule has 0 rings (SSSR count). The molecule has 0 aliphatic heterocycles. The molecule has 0 nitrogen and oxygen atoms in total. The van der Waals surface area contributed by atoms with Gasteiger partial charge in [0.1, 0.15) is 0 Å². The fourth-order valence-corrected chi connectivity index (χ4v) is 0. The molecule has 0 unspecified atom stereocenters. The average molecular weight is 580 g/mol. The van der Waals surface area contributed by atoms with Crippen LogP contribution in [0.15, 0.2) is 0 Å². The zero-order valence-corrected chi connectivity index (χ0v) is 13.8. The van der Waals surface area contributed by atoms with Crippen molar-refractivity contribution in [2.45, 2.75) is 0 Å². The molecule has 10 heteroatoms. The van der Waals surface area contributed by atoms with E-state index in [-0.39, 0.29) is 0 Å². The molecule has 0 saturated carbocycles. The first-order valence-electron chi connectivity index (χ1n) is 1.01. The molecule has 74 valence electrons. The van der Waals surface area contributed by atoms with Gasteiger partial charge in [0.25, 0.3) is 0 Å². The Labute approximate surface area is 97.2 Å². The van der Waals surface area contributed by atoms with Gasteiger partial charge in [-0.15, -0.1) is 0 Å². The third kappa shape index (κ3) is 99.7. The van der Waals surface area contributed by atoms with E-state index < -0.39 is 22.7 Å². The van der Waals surface area contributed by atoms with Gasteiger partial charge in [0.05, 0.1) is 0 Å². The SMILES string of the molecule is [Cl][Pt]([Cl])([Cl])[Cl].[Cl][Ru]([Cl])([Cl])[Cl]. The van der Waals surface area contributed by atoms with Crippen molar-refractivity contribution < 1.29 is 22.7 Å². The predicted octanol–water partition coefficient (Wildman–Crippen LogP) is 5.51. The van der Waals surface area contributed by atoms with Gasteiger partial charge in [-0.05, 0) is 0 Å². The van der Waals surface area contributed by atoms with Crippen LogP contribution in [0.3, 0.4) is 0 Å². The first kappa shape index (κ1) is 16.1. The number of hydrogen-bond donors (Lipinski definition) is 0. The molecule has 0 aromatic rings. The van der Waals surface area contributed by atoms with Gasteiger partial charge in [-0.2, -0.15) is 0 Å². The number of hydrogen-bond acceptors (Lipinski definition) is 0. The van der Waals surface area contributed by atoms with Gasteiger partial charge in [-0.1, -0.05) is 0 Å². The summed E-state index contributed by atoms with van der Waals surface area (Å²) in [5.74, 6) is 0. The van der Waals surface area contributed by atoms with Crippen LogP contribution < -0.4 is 0 Å². The van der Waals surface area contributed by atoms with Gasteiger partial charge in [0.2, 0.25) is 0 Å². The normalized spacial score (nSPS) is 15.2. The van der Waals surface area contributed by atoms with E-state index in [1.807, 2.05) is 0 Å². The van der Waals surface area contributed by atoms with Crippen LogP contribution in [0.1, 0.15) is 0 Å². The Bertz CT molecular complexity index is 52.2. The summed E-state index contributed by atoms with van der Waals surface area (Å²) in [5.41, 5.74) is 0. The average Bonchev–Trinajstić information content (AvgIpc) is 1.12. The molecule has 0 radical (unpaired) electrons. The molecular weight excluding hydrogens is 580 g/mol. The van der Waals surface area contributed by atoms with Crippen LogP contribution in [0, 0.1) is 0 Å². The molecule has 0 atom stereocenters. The van der Waals surface area contributed by atoms with Crippen molar-refractivity contribution >= 4 is 76.4 Å². The van der Waals surface area contributed by atoms with Crippen molar-refractivity contribution in [3.8, 4) is 0 Å². The van der Waals surface area contributed by atoms with Gasteiger partial charge in [-0.3, -0.25) is 0 Å². The van der Waals surface area contributed by atoms with Crippen molar-refractivity contribution in [3.63, 3.8) is 0 Å². The summed E-state index contributed by atoms with van der Waals surface area (Å²) in [4.78, 5) is 0. The zero-order valence-electron chi connectivity index (χ0n) is 3.69. The Morgan fingerprint density at radius 2 is 0.700 bits per heavy atom. The van der Waals surface area contributed by atoms with Gasteiger partial charge >= 0.3 is 99.1 Å². The summed E-state index contributed by atoms with van der Waals surface area (Å²) in [6.45, 7) is 0. The summed E-state index contributed by atoms with van der Waals surface area (Å²) < 4.78 is 0. The van der Waals surface area contributed by atoms with E-state index in [2.05, 4.69) is 0 Å². The second-order valence-corrected chi connectivity index (χ2v) is 36.1. The molecule has 0 aromatic heterocycles. The Morgan fingerprint density at radius 1 is 0.700 bits per heavy atom. The summed E-state index contributed by atoms with van der Waals surface area (Å²) in [7, 11) is 37.0. The minimum atomic E-state index is -3.06. The third-order valence-electron chi connectivity index (χ3n) is 0. The molecule has 0 N–H and O–H groups in total. The van der Waals surface area contributed by atoms with E-state index in [1.54, 1.807) is 0 Å². The van der Waals surface area contributed by atoms with E-state index in [0.717, 1.165) is 0 Å². The van der Waals surface area contributed by atoms with Crippen LogP contribution in [-0.4, -0.2) is 0 Å². The molecule has 0 aliphatic rings. The van der Waals surface area contributed by atoms with Crippen molar-refractivity contribution in [1.29, 1.82) is 0 Å². The minimum absolute atomic E-state index is 2.97. The van der Waals surface area contributed by atoms with Crippen LogP contribution in [-0.2, 0) is 22.7 Å². The van der Waals surface area contributed by atoms with Crippen molar-refractivity contribution in [2.24, 2.45) is 0 Å². The quantitative estimate of drug-likeness (QED) is 0.332. The molecule has 0 bridgehead atoms. The fourth-order valence-electron chi connectivity index (χ4n) is 0. The molecule has 0 saturated heterocycles. The number of halogens is 8. The van der Waals surface area contributed by atoms with E-state index >= 15 is 0 Å². The van der Waals surface area contributed by atoms with Gasteiger partial charge < -0.3 is 0 Å². The molecule has 0 spiro atoms. The first-order chi connectivity index (χ1) is 4.00. The van der Waals surface area contributed by atoms with Crippen LogP contribution in [0.2, 0.25) is 0 Å². The topological polar surface area (TPSA) is 0 Å². The fraction of sp³-hybridized carbons (Fsp3) is 0. The van der Waals surface area contributed by atoms with Crippen molar-refractivity contribution in [3.05, 3.63) is 0 Å². The van der Waals surface area contributed by atoms with E-state index in [1.165, 1.54) is 0 Å². The third-order valence-corrected chi connectivity index (χ3v) is 0. The van der Waals surface area contributed by atoms with E-state index in [0.29, 0.717) is 0 Å². The van der Waals surface area contributed by atoms with Gasteiger partial charge in [0, 0.05) is 0 Å². The van der Waals surface area contributed by atoms with E-state index in [9.17, 15) is 0 Å². The Kier molecular flexibility index (Phi) is 11.2. The van der Waals surface area contributed by atoms with Crippen LogP contribution >= 0.6 is 76.4 Å². The number of rotatable bonds is 0. The Balaban J connectivity index is 0. The van der Waals surface area contributed by atoms with Crippen LogP contribution in [0.25, 0.3) is 0 Å². The van der Waals surface area contributed by atoms with Gasteiger partial charge in [-0.25, -0.2) is 0 Å². The molecule has 0 amide bonds. The zero-order chi connectivity index (χ0) is 9.00. The molecule has 0 heterocycles. The Morgan fingerprint density at radius 3 is 0.700 bits per heavy atom. The summed E-state index contributed by atoms with van der Waals surface area (Å²) in [6.07, 6.45) is 0. The van der Waals surface area contributed by atoms with Crippen LogP contribution in [0.4, 0.5) is 0 Å². The maximum absolute atomic E-state index is 5.01. The first-order valence-corrected chi connectivity index (χ1v) is 21.2. The van der Waals surface area contributed by atoms with E-state index in [4.69, 9.17) is 76.4 Å². The van der Waals surface area contributed by atoms with Crippen LogP contribution in [0.5, 0.6) is 0 Å². The second kappa shape index (κ2) is 6.99. The summed E-state index contributed by atoms with van der Waals surface area (Å²) in [5, 5.41) is 0.